The third-order valence-electron chi connectivity index (χ3n) is 8.26. The number of tetrazole rings is 1. The second-order valence-electron chi connectivity index (χ2n) is 11.7. The van der Waals surface area contributed by atoms with E-state index in [4.69, 9.17) is 0 Å². The minimum atomic E-state index is -1.08. The smallest absolute Gasteiger partial charge is 0.274 e. The number of rotatable bonds is 6. The molecule has 232 valence electrons. The molecule has 10 nitrogen and oxygen atoms in total. The summed E-state index contributed by atoms with van der Waals surface area (Å²) in [6, 6.07) is 34.5. The molecule has 0 amide bonds. The maximum atomic E-state index is 10.9. The lowest BCUT2D eigenvalue weighted by Gasteiger charge is -2.24. The zero-order valence-corrected chi connectivity index (χ0v) is 26.3. The second kappa shape index (κ2) is 12.4. The molecular formula is C37H33N9O. The molecule has 0 aliphatic heterocycles. The van der Waals surface area contributed by atoms with Crippen LogP contribution in [0.1, 0.15) is 29.3 Å². The number of fused-ring (bicyclic) bond motifs is 4. The van der Waals surface area contributed by atoms with Crippen molar-refractivity contribution in [3.05, 3.63) is 144 Å². The highest BCUT2D eigenvalue weighted by Crippen LogP contribution is 2.29. The Morgan fingerprint density at radius 2 is 1.68 bits per heavy atom. The fraction of sp³-hybridized carbons (Fsp3) is 0.135. The number of nitrogens with zero attached hydrogens (tertiary/aromatic N) is 8. The van der Waals surface area contributed by atoms with Crippen LogP contribution in [0.2, 0.25) is 0 Å². The summed E-state index contributed by atoms with van der Waals surface area (Å²) < 4.78 is 3.50. The van der Waals surface area contributed by atoms with Crippen molar-refractivity contribution in [2.24, 2.45) is 7.05 Å². The number of aryl methyl sites for hydroxylation is 2. The van der Waals surface area contributed by atoms with Crippen LogP contribution in [-0.2, 0) is 19.2 Å². The van der Waals surface area contributed by atoms with Gasteiger partial charge in [0.05, 0.1) is 46.8 Å². The van der Waals surface area contributed by atoms with Gasteiger partial charge in [-0.3, -0.25) is 4.98 Å². The van der Waals surface area contributed by atoms with Crippen LogP contribution in [0.15, 0.2) is 122 Å². The van der Waals surface area contributed by atoms with Crippen molar-refractivity contribution in [1.82, 2.24) is 39.6 Å². The summed E-state index contributed by atoms with van der Waals surface area (Å²) in [5.41, 5.74) is 7.76. The Labute approximate surface area is 271 Å². The first kappa shape index (κ1) is 29.7. The van der Waals surface area contributed by atoms with E-state index in [0.717, 1.165) is 55.6 Å². The molecule has 47 heavy (non-hydrogen) atoms. The van der Waals surface area contributed by atoms with Crippen LogP contribution in [0, 0.1) is 6.92 Å². The van der Waals surface area contributed by atoms with Gasteiger partial charge in [0, 0.05) is 29.9 Å². The molecule has 0 aliphatic rings. The zero-order valence-electron chi connectivity index (χ0n) is 26.3. The maximum absolute atomic E-state index is 10.9. The number of benzene rings is 4. The first-order valence-corrected chi connectivity index (χ1v) is 15.3. The van der Waals surface area contributed by atoms with Crippen molar-refractivity contribution in [2.45, 2.75) is 26.0 Å². The van der Waals surface area contributed by atoms with Crippen LogP contribution in [0.4, 0.5) is 5.69 Å². The summed E-state index contributed by atoms with van der Waals surface area (Å²) >= 11 is 0. The van der Waals surface area contributed by atoms with Gasteiger partial charge >= 0.3 is 0 Å². The van der Waals surface area contributed by atoms with Crippen LogP contribution in [0.3, 0.4) is 0 Å². The Morgan fingerprint density at radius 1 is 0.872 bits per heavy atom. The van der Waals surface area contributed by atoms with E-state index in [1.54, 1.807) is 24.0 Å². The van der Waals surface area contributed by atoms with E-state index in [9.17, 15) is 5.11 Å². The Balaban J connectivity index is 0.000000156. The lowest BCUT2D eigenvalue weighted by molar-refractivity contribution is 0.0941. The number of para-hydroxylation sites is 2. The predicted molar refractivity (Wildman–Crippen MR) is 184 cm³/mol. The van der Waals surface area contributed by atoms with Gasteiger partial charge in [-0.15, -0.1) is 0 Å². The Kier molecular flexibility index (Phi) is 7.85. The zero-order chi connectivity index (χ0) is 32.4. The van der Waals surface area contributed by atoms with E-state index < -0.39 is 5.60 Å². The van der Waals surface area contributed by atoms with E-state index in [1.165, 1.54) is 5.56 Å². The topological polar surface area (TPSA) is 119 Å². The average molecular weight is 620 g/mol. The molecule has 0 saturated carbocycles. The number of nitrogens with one attached hydrogen (secondary N) is 1. The molecule has 0 saturated heterocycles. The Morgan fingerprint density at radius 3 is 2.49 bits per heavy atom. The van der Waals surface area contributed by atoms with Gasteiger partial charge in [-0.1, -0.05) is 89.5 Å². The van der Waals surface area contributed by atoms with Crippen molar-refractivity contribution in [1.29, 1.82) is 0 Å². The number of hydrogen-bond donors (Lipinski definition) is 2. The van der Waals surface area contributed by atoms with Crippen molar-refractivity contribution in [3.63, 3.8) is 0 Å². The quantitative estimate of drug-likeness (QED) is 0.217. The SMILES string of the molecule is Cc1cccc(-c2nc3nnnn3c3ccccc23)c1.Cn1cncc1C(C)(O)c1ccc(CNc2cnc3ccccc3c2)cc1. The summed E-state index contributed by atoms with van der Waals surface area (Å²) in [5.74, 6) is 0.514. The summed E-state index contributed by atoms with van der Waals surface area (Å²) in [5, 5.41) is 28.2. The molecule has 0 fully saturated rings. The molecule has 0 aliphatic carbocycles. The summed E-state index contributed by atoms with van der Waals surface area (Å²) in [7, 11) is 1.88. The van der Waals surface area contributed by atoms with Gasteiger partial charge in [-0.25, -0.2) is 9.97 Å². The second-order valence-corrected chi connectivity index (χ2v) is 11.7. The molecule has 4 aromatic carbocycles. The van der Waals surface area contributed by atoms with Gasteiger partial charge < -0.3 is 15.0 Å². The first-order valence-electron chi connectivity index (χ1n) is 15.3. The molecule has 0 spiro atoms. The van der Waals surface area contributed by atoms with E-state index in [0.29, 0.717) is 12.3 Å². The lowest BCUT2D eigenvalue weighted by Crippen LogP contribution is -2.25. The van der Waals surface area contributed by atoms with E-state index in [1.807, 2.05) is 90.6 Å². The van der Waals surface area contributed by atoms with Gasteiger partial charge in [0.1, 0.15) is 5.60 Å². The highest BCUT2D eigenvalue weighted by Gasteiger charge is 2.28. The largest absolute Gasteiger partial charge is 0.380 e. The Hall–Kier alpha value is -6.00. The average Bonchev–Trinajstić information content (AvgIpc) is 3.77. The van der Waals surface area contributed by atoms with Crippen molar-refractivity contribution in [2.75, 3.05) is 5.32 Å². The third-order valence-corrected chi connectivity index (χ3v) is 8.26. The molecule has 0 radical (unpaired) electrons. The molecule has 2 N–H and O–H groups in total. The van der Waals surface area contributed by atoms with Gasteiger partial charge in [-0.05, 0) is 59.7 Å². The van der Waals surface area contributed by atoms with Crippen molar-refractivity contribution < 1.29 is 5.11 Å². The highest BCUT2D eigenvalue weighted by molar-refractivity contribution is 5.93. The van der Waals surface area contributed by atoms with Crippen LogP contribution in [0.25, 0.3) is 38.8 Å². The molecule has 8 rings (SSSR count). The fourth-order valence-corrected chi connectivity index (χ4v) is 5.73. The number of aromatic nitrogens is 8. The predicted octanol–water partition coefficient (Wildman–Crippen LogP) is 6.48. The van der Waals surface area contributed by atoms with Gasteiger partial charge in [0.15, 0.2) is 0 Å². The van der Waals surface area contributed by atoms with Crippen LogP contribution in [0.5, 0.6) is 0 Å². The van der Waals surface area contributed by atoms with Crippen molar-refractivity contribution in [3.8, 4) is 11.3 Å². The monoisotopic (exact) mass is 619 g/mol. The third kappa shape index (κ3) is 6.01. The molecule has 10 heteroatoms. The van der Waals surface area contributed by atoms with Crippen LogP contribution >= 0.6 is 0 Å². The molecule has 8 aromatic rings. The number of aliphatic hydroxyl groups is 1. The van der Waals surface area contributed by atoms with Gasteiger partial charge in [-0.2, -0.15) is 4.52 Å². The molecule has 4 heterocycles. The standard InChI is InChI=1S/C22H22N4O.C15H11N5/c1-22(27,21-14-23-15-26(21)2)18-9-7-16(8-10-18)12-24-19-11-17-5-3-4-6-20(17)25-13-19;1-10-5-4-6-11(9-10)14-12-7-2-3-8-13(12)20-15(16-14)17-18-19-20/h3-11,13-15,24,27H,12H2,1-2H3;2-9H,1H3. The number of imidazole rings is 1. The number of hydrogen-bond acceptors (Lipinski definition) is 8. The van der Waals surface area contributed by atoms with E-state index in [-0.39, 0.29) is 0 Å². The molecule has 1 atom stereocenters. The maximum Gasteiger partial charge on any atom is 0.274 e. The molecule has 1 unspecified atom stereocenters. The summed E-state index contributed by atoms with van der Waals surface area (Å²) in [6.45, 7) is 4.55. The molecule has 0 bridgehead atoms. The van der Waals surface area contributed by atoms with Gasteiger partial charge in [0.25, 0.3) is 5.78 Å². The molecule has 4 aromatic heterocycles. The van der Waals surface area contributed by atoms with Crippen LogP contribution in [-0.4, -0.2) is 44.7 Å². The lowest BCUT2D eigenvalue weighted by atomic mass is 9.92. The minimum absolute atomic E-state index is 0.514. The highest BCUT2D eigenvalue weighted by atomic mass is 16.3. The van der Waals surface area contributed by atoms with E-state index in [2.05, 4.69) is 73.0 Å². The number of anilines is 1. The number of pyridine rings is 1. The van der Waals surface area contributed by atoms with Crippen molar-refractivity contribution >= 4 is 33.3 Å². The summed E-state index contributed by atoms with van der Waals surface area (Å²) in [4.78, 5) is 13.2. The summed E-state index contributed by atoms with van der Waals surface area (Å²) in [6.07, 6.45) is 5.24. The normalized spacial score (nSPS) is 12.5. The van der Waals surface area contributed by atoms with Gasteiger partial charge in [0.2, 0.25) is 0 Å². The molecular weight excluding hydrogens is 586 g/mol. The fourth-order valence-electron chi connectivity index (χ4n) is 5.73. The Bertz CT molecular complexity index is 2320. The van der Waals surface area contributed by atoms with Crippen LogP contribution < -0.4 is 5.32 Å². The first-order chi connectivity index (χ1) is 22.9. The minimum Gasteiger partial charge on any atom is -0.380 e. The van der Waals surface area contributed by atoms with E-state index >= 15 is 0 Å².